The first-order chi connectivity index (χ1) is 15.2. The summed E-state index contributed by atoms with van der Waals surface area (Å²) < 4.78 is 5.63. The Labute approximate surface area is 193 Å². The van der Waals surface area contributed by atoms with Gasteiger partial charge in [-0.25, -0.2) is 0 Å². The third-order valence-electron chi connectivity index (χ3n) is 4.12. The number of amides is 3. The highest BCUT2D eigenvalue weighted by Gasteiger charge is 2.11. The maximum Gasteiger partial charge on any atom is 0.306 e. The number of nitrogens with one attached hydrogen (secondary N) is 3. The van der Waals surface area contributed by atoms with E-state index in [0.717, 1.165) is 4.47 Å². The molecule has 3 N–H and O–H groups in total. The van der Waals surface area contributed by atoms with Crippen LogP contribution in [0, 0.1) is 0 Å². The molecule has 0 saturated heterocycles. The Morgan fingerprint density at radius 3 is 2.28 bits per heavy atom. The van der Waals surface area contributed by atoms with Crippen LogP contribution in [0.1, 0.15) is 46.9 Å². The normalized spacial score (nSPS) is 10.1. The molecule has 168 valence electrons. The van der Waals surface area contributed by atoms with Crippen LogP contribution < -0.4 is 16.2 Å². The lowest BCUT2D eigenvalue weighted by molar-refractivity contribution is -0.148. The second-order valence-corrected chi connectivity index (χ2v) is 7.62. The third kappa shape index (κ3) is 8.68. The van der Waals surface area contributed by atoms with E-state index in [4.69, 9.17) is 4.74 Å². The first-order valence-electron chi connectivity index (χ1n) is 9.66. The van der Waals surface area contributed by atoms with E-state index in [1.807, 2.05) is 0 Å². The van der Waals surface area contributed by atoms with E-state index < -0.39 is 24.4 Å². The second-order valence-electron chi connectivity index (χ2n) is 6.71. The van der Waals surface area contributed by atoms with E-state index in [-0.39, 0.29) is 31.0 Å². The van der Waals surface area contributed by atoms with Crippen LogP contribution in [0.4, 0.5) is 5.69 Å². The summed E-state index contributed by atoms with van der Waals surface area (Å²) in [6, 6.07) is 13.1. The maximum absolute atomic E-state index is 12.0. The Kier molecular flexibility index (Phi) is 9.55. The van der Waals surface area contributed by atoms with E-state index in [2.05, 4.69) is 32.1 Å². The van der Waals surface area contributed by atoms with Crippen LogP contribution in [0.3, 0.4) is 0 Å². The van der Waals surface area contributed by atoms with Crippen LogP contribution in [-0.2, 0) is 19.1 Å². The van der Waals surface area contributed by atoms with Gasteiger partial charge in [-0.05, 0) is 49.7 Å². The van der Waals surface area contributed by atoms with Gasteiger partial charge < -0.3 is 10.1 Å². The maximum atomic E-state index is 12.0. The molecule has 0 radical (unpaired) electrons. The first kappa shape index (κ1) is 24.7. The summed E-state index contributed by atoms with van der Waals surface area (Å²) in [7, 11) is 0. The molecule has 2 rings (SSSR count). The molecule has 9 nitrogen and oxygen atoms in total. The Morgan fingerprint density at radius 2 is 1.59 bits per heavy atom. The number of ketones is 1. The predicted molar refractivity (Wildman–Crippen MR) is 120 cm³/mol. The van der Waals surface area contributed by atoms with Gasteiger partial charge in [0.2, 0.25) is 5.91 Å². The number of rotatable bonds is 9. The van der Waals surface area contributed by atoms with E-state index in [1.165, 1.54) is 6.92 Å². The van der Waals surface area contributed by atoms with Gasteiger partial charge >= 0.3 is 5.97 Å². The summed E-state index contributed by atoms with van der Waals surface area (Å²) in [5.74, 6) is -2.29. The molecule has 0 aliphatic rings. The van der Waals surface area contributed by atoms with Crippen LogP contribution >= 0.6 is 15.9 Å². The van der Waals surface area contributed by atoms with Gasteiger partial charge in [0.1, 0.15) is 0 Å². The Morgan fingerprint density at radius 1 is 0.875 bits per heavy atom. The first-order valence-corrected chi connectivity index (χ1v) is 10.4. The molecule has 0 fully saturated rings. The minimum Gasteiger partial charge on any atom is -0.455 e. The molecular formula is C22H22BrN3O6. The topological polar surface area (TPSA) is 131 Å². The summed E-state index contributed by atoms with van der Waals surface area (Å²) >= 11 is 3.26. The number of Topliss-reactive ketones (excluding diaryl/α,β-unsaturated/α-hetero) is 1. The third-order valence-corrected chi connectivity index (χ3v) is 4.65. The van der Waals surface area contributed by atoms with E-state index >= 15 is 0 Å². The van der Waals surface area contributed by atoms with E-state index in [1.54, 1.807) is 48.5 Å². The number of anilines is 1. The van der Waals surface area contributed by atoms with Crippen molar-refractivity contribution in [3.05, 3.63) is 64.1 Å². The summed E-state index contributed by atoms with van der Waals surface area (Å²) in [5, 5.41) is 2.65. The molecule has 3 amide bonds. The average Bonchev–Trinajstić information content (AvgIpc) is 2.76. The molecule has 0 aromatic heterocycles. The van der Waals surface area contributed by atoms with Crippen LogP contribution in [0.5, 0.6) is 0 Å². The van der Waals surface area contributed by atoms with Crippen LogP contribution in [0.25, 0.3) is 0 Å². The lowest BCUT2D eigenvalue weighted by atomic mass is 10.1. The smallest absolute Gasteiger partial charge is 0.306 e. The van der Waals surface area contributed by atoms with Gasteiger partial charge in [-0.3, -0.25) is 34.8 Å². The zero-order valence-electron chi connectivity index (χ0n) is 17.3. The van der Waals surface area contributed by atoms with Gasteiger partial charge in [-0.15, -0.1) is 0 Å². The zero-order chi connectivity index (χ0) is 23.5. The van der Waals surface area contributed by atoms with Crippen molar-refractivity contribution in [2.45, 2.75) is 26.2 Å². The molecule has 2 aromatic rings. The van der Waals surface area contributed by atoms with Crippen molar-refractivity contribution in [3.63, 3.8) is 0 Å². The number of halogens is 1. The average molecular weight is 504 g/mol. The number of carbonyl (C=O) groups excluding carboxylic acids is 5. The second kappa shape index (κ2) is 12.4. The SMILES string of the molecule is CC(=O)c1cccc(NC(=O)CCCC(=O)OCC(=O)NNC(=O)c2ccc(Br)cc2)c1. The lowest BCUT2D eigenvalue weighted by Crippen LogP contribution is -2.43. The zero-order valence-corrected chi connectivity index (χ0v) is 18.9. The highest BCUT2D eigenvalue weighted by atomic mass is 79.9. The van der Waals surface area contributed by atoms with Crippen molar-refractivity contribution >= 4 is 51.1 Å². The van der Waals surface area contributed by atoms with Crippen molar-refractivity contribution in [2.24, 2.45) is 0 Å². The van der Waals surface area contributed by atoms with Gasteiger partial charge in [0.25, 0.3) is 11.8 Å². The minimum absolute atomic E-state index is 0.0561. The molecular weight excluding hydrogens is 482 g/mol. The van der Waals surface area contributed by atoms with Gasteiger partial charge in [0, 0.05) is 34.1 Å². The van der Waals surface area contributed by atoms with E-state index in [0.29, 0.717) is 16.8 Å². The van der Waals surface area contributed by atoms with Gasteiger partial charge in [-0.1, -0.05) is 28.1 Å². The molecule has 0 heterocycles. The number of carbonyl (C=O) groups is 5. The van der Waals surface area contributed by atoms with Crippen LogP contribution in [0.2, 0.25) is 0 Å². The van der Waals surface area contributed by atoms with Crippen molar-refractivity contribution in [2.75, 3.05) is 11.9 Å². The number of hydrogen-bond acceptors (Lipinski definition) is 6. The quantitative estimate of drug-likeness (QED) is 0.274. The van der Waals surface area contributed by atoms with Gasteiger partial charge in [0.15, 0.2) is 12.4 Å². The fourth-order valence-corrected chi connectivity index (χ4v) is 2.75. The van der Waals surface area contributed by atoms with Crippen molar-refractivity contribution in [3.8, 4) is 0 Å². The summed E-state index contributed by atoms with van der Waals surface area (Å²) in [4.78, 5) is 58.7. The van der Waals surface area contributed by atoms with Crippen molar-refractivity contribution in [1.29, 1.82) is 0 Å². The monoisotopic (exact) mass is 503 g/mol. The fraction of sp³-hybridized carbons (Fsp3) is 0.227. The molecule has 0 spiro atoms. The molecule has 0 unspecified atom stereocenters. The van der Waals surface area contributed by atoms with Crippen molar-refractivity contribution in [1.82, 2.24) is 10.9 Å². The molecule has 0 atom stereocenters. The number of ether oxygens (including phenoxy) is 1. The number of hydrazine groups is 1. The summed E-state index contributed by atoms with van der Waals surface area (Å²) in [6.07, 6.45) is 0.229. The van der Waals surface area contributed by atoms with Gasteiger partial charge in [0.05, 0.1) is 0 Å². The number of benzene rings is 2. The number of esters is 1. The molecule has 0 aliphatic heterocycles. The summed E-state index contributed by atoms with van der Waals surface area (Å²) in [6.45, 7) is 0.868. The molecule has 2 aromatic carbocycles. The van der Waals surface area contributed by atoms with Crippen LogP contribution in [0.15, 0.2) is 53.0 Å². The standard InChI is InChI=1S/C22H22BrN3O6/c1-14(27)16-4-2-5-18(12-16)24-19(28)6-3-7-21(30)32-13-20(29)25-26-22(31)15-8-10-17(23)11-9-15/h2,4-5,8-12H,3,6-7,13H2,1H3,(H,24,28)(H,25,29)(H,26,31). The number of hydrogen-bond donors (Lipinski definition) is 3. The molecule has 0 bridgehead atoms. The minimum atomic E-state index is -0.702. The molecule has 0 saturated carbocycles. The highest BCUT2D eigenvalue weighted by Crippen LogP contribution is 2.12. The molecule has 0 aliphatic carbocycles. The lowest BCUT2D eigenvalue weighted by Gasteiger charge is -2.08. The molecule has 10 heteroatoms. The Bertz CT molecular complexity index is 1010. The fourth-order valence-electron chi connectivity index (χ4n) is 2.49. The summed E-state index contributed by atoms with van der Waals surface area (Å²) in [5.41, 5.74) is 5.69. The Balaban J connectivity index is 1.62. The Hall–Kier alpha value is -3.53. The molecule has 32 heavy (non-hydrogen) atoms. The predicted octanol–water partition coefficient (Wildman–Crippen LogP) is 2.76. The van der Waals surface area contributed by atoms with E-state index in [9.17, 15) is 24.0 Å². The van der Waals surface area contributed by atoms with Crippen molar-refractivity contribution < 1.29 is 28.7 Å². The van der Waals surface area contributed by atoms with Crippen LogP contribution in [-0.4, -0.2) is 36.1 Å². The largest absolute Gasteiger partial charge is 0.455 e. The van der Waals surface area contributed by atoms with Gasteiger partial charge in [-0.2, -0.15) is 0 Å². The highest BCUT2D eigenvalue weighted by molar-refractivity contribution is 9.10.